The number of fused-ring (bicyclic) bond motifs is 2. The minimum absolute atomic E-state index is 0.0743. The number of hydrogen-bond donors (Lipinski definition) is 0. The lowest BCUT2D eigenvalue weighted by molar-refractivity contribution is 0.0941. The maximum atomic E-state index is 12.1. The first kappa shape index (κ1) is 13.5. The standard InChI is InChI=1S/C16H16N2O3/c1-9(2)6-15-17-13-8-14-11(4-5-18(14)10(3)19)7-12(13)16(20)21-15/h4-5,7-9H,6H2,1-3H3. The zero-order chi connectivity index (χ0) is 15.1. The molecule has 108 valence electrons. The molecule has 0 saturated carbocycles. The number of rotatable bonds is 2. The summed E-state index contributed by atoms with van der Waals surface area (Å²) in [5.41, 5.74) is 0.937. The van der Waals surface area contributed by atoms with Gasteiger partial charge in [-0.25, -0.2) is 9.78 Å². The quantitative estimate of drug-likeness (QED) is 0.725. The van der Waals surface area contributed by atoms with Crippen LogP contribution in [0.1, 0.15) is 31.5 Å². The van der Waals surface area contributed by atoms with E-state index in [1.807, 2.05) is 13.8 Å². The zero-order valence-electron chi connectivity index (χ0n) is 12.2. The highest BCUT2D eigenvalue weighted by atomic mass is 16.4. The summed E-state index contributed by atoms with van der Waals surface area (Å²) in [6.45, 7) is 5.58. The molecule has 5 nitrogen and oxygen atoms in total. The molecule has 0 saturated heterocycles. The summed E-state index contributed by atoms with van der Waals surface area (Å²) in [6, 6.07) is 5.30. The smallest absolute Gasteiger partial charge is 0.346 e. The van der Waals surface area contributed by atoms with Crippen molar-refractivity contribution >= 4 is 27.7 Å². The second-order valence-corrected chi connectivity index (χ2v) is 5.63. The Kier molecular flexibility index (Phi) is 3.12. The van der Waals surface area contributed by atoms with Crippen molar-refractivity contribution in [3.05, 3.63) is 40.7 Å². The van der Waals surface area contributed by atoms with E-state index >= 15 is 0 Å². The molecule has 2 aromatic heterocycles. The van der Waals surface area contributed by atoms with Crippen LogP contribution in [0, 0.1) is 5.92 Å². The number of nitrogens with zero attached hydrogens (tertiary/aromatic N) is 2. The van der Waals surface area contributed by atoms with E-state index in [9.17, 15) is 9.59 Å². The van der Waals surface area contributed by atoms with Crippen LogP contribution in [0.25, 0.3) is 21.8 Å². The highest BCUT2D eigenvalue weighted by Gasteiger charge is 2.12. The van der Waals surface area contributed by atoms with Crippen LogP contribution in [0.5, 0.6) is 0 Å². The summed E-state index contributed by atoms with van der Waals surface area (Å²) in [5, 5.41) is 1.26. The molecule has 5 heteroatoms. The Labute approximate surface area is 121 Å². The maximum Gasteiger partial charge on any atom is 0.346 e. The second-order valence-electron chi connectivity index (χ2n) is 5.63. The predicted octanol–water partition coefficient (Wildman–Crippen LogP) is 3.00. The van der Waals surface area contributed by atoms with Crippen molar-refractivity contribution in [3.63, 3.8) is 0 Å². The molecule has 3 rings (SSSR count). The van der Waals surface area contributed by atoms with Gasteiger partial charge in [0.05, 0.1) is 16.4 Å². The van der Waals surface area contributed by atoms with E-state index < -0.39 is 0 Å². The highest BCUT2D eigenvalue weighted by Crippen LogP contribution is 2.21. The molecule has 0 aliphatic heterocycles. The SMILES string of the molecule is CC(=O)n1ccc2cc3c(=O)oc(CC(C)C)nc3cc21. The van der Waals surface area contributed by atoms with Gasteiger partial charge in [0.15, 0.2) is 5.89 Å². The van der Waals surface area contributed by atoms with Crippen molar-refractivity contribution in [2.24, 2.45) is 5.92 Å². The molecule has 0 fully saturated rings. The first-order chi connectivity index (χ1) is 9.95. The lowest BCUT2D eigenvalue weighted by Crippen LogP contribution is -2.08. The first-order valence-corrected chi connectivity index (χ1v) is 6.91. The van der Waals surface area contributed by atoms with Gasteiger partial charge in [-0.05, 0) is 24.1 Å². The van der Waals surface area contributed by atoms with Crippen molar-refractivity contribution in [3.8, 4) is 0 Å². The van der Waals surface area contributed by atoms with E-state index in [0.29, 0.717) is 29.1 Å². The maximum absolute atomic E-state index is 12.1. The Bertz CT molecular complexity index is 903. The van der Waals surface area contributed by atoms with E-state index in [-0.39, 0.29) is 11.5 Å². The summed E-state index contributed by atoms with van der Waals surface area (Å²) >= 11 is 0. The Morgan fingerprint density at radius 3 is 2.81 bits per heavy atom. The van der Waals surface area contributed by atoms with E-state index in [2.05, 4.69) is 4.98 Å². The van der Waals surface area contributed by atoms with E-state index in [1.54, 1.807) is 29.0 Å². The van der Waals surface area contributed by atoms with Gasteiger partial charge in [-0.2, -0.15) is 0 Å². The van der Waals surface area contributed by atoms with E-state index in [0.717, 1.165) is 10.9 Å². The Morgan fingerprint density at radius 2 is 2.14 bits per heavy atom. The lowest BCUT2D eigenvalue weighted by atomic mass is 10.1. The molecular weight excluding hydrogens is 268 g/mol. The molecule has 0 bridgehead atoms. The summed E-state index contributed by atoms with van der Waals surface area (Å²) in [4.78, 5) is 28.1. The number of aromatic nitrogens is 2. The Balaban J connectivity index is 2.29. The summed E-state index contributed by atoms with van der Waals surface area (Å²) in [5.74, 6) is 0.709. The second kappa shape index (κ2) is 4.84. The molecule has 2 heterocycles. The molecule has 0 spiro atoms. The third-order valence-corrected chi connectivity index (χ3v) is 3.41. The van der Waals surface area contributed by atoms with Crippen LogP contribution in [0.2, 0.25) is 0 Å². The van der Waals surface area contributed by atoms with Gasteiger partial charge in [0, 0.05) is 24.9 Å². The van der Waals surface area contributed by atoms with Gasteiger partial charge in [-0.1, -0.05) is 13.8 Å². The fourth-order valence-electron chi connectivity index (χ4n) is 2.46. The van der Waals surface area contributed by atoms with Crippen molar-refractivity contribution in [1.82, 2.24) is 9.55 Å². The Morgan fingerprint density at radius 1 is 1.38 bits per heavy atom. The molecule has 3 aromatic rings. The molecule has 0 radical (unpaired) electrons. The van der Waals surface area contributed by atoms with Crippen molar-refractivity contribution in [1.29, 1.82) is 0 Å². The zero-order valence-corrected chi connectivity index (χ0v) is 12.2. The molecule has 1 aromatic carbocycles. The average Bonchev–Trinajstić information content (AvgIpc) is 2.78. The van der Waals surface area contributed by atoms with E-state index in [4.69, 9.17) is 4.42 Å². The number of benzene rings is 1. The Hall–Kier alpha value is -2.43. The minimum Gasteiger partial charge on any atom is -0.408 e. The molecule has 0 aliphatic rings. The number of hydrogen-bond acceptors (Lipinski definition) is 4. The number of carbonyl (C=O) groups excluding carboxylic acids is 1. The molecule has 0 unspecified atom stereocenters. The van der Waals surface area contributed by atoms with Crippen LogP contribution in [0.4, 0.5) is 0 Å². The van der Waals surface area contributed by atoms with Crippen LogP contribution in [-0.2, 0) is 6.42 Å². The van der Waals surface area contributed by atoms with Crippen LogP contribution in [0.3, 0.4) is 0 Å². The molecular formula is C16H16N2O3. The van der Waals surface area contributed by atoms with Gasteiger partial charge in [0.1, 0.15) is 0 Å². The third kappa shape index (κ3) is 2.35. The molecule has 0 N–H and O–H groups in total. The molecule has 0 amide bonds. The summed E-state index contributed by atoms with van der Waals surface area (Å²) in [6.07, 6.45) is 2.31. The topological polar surface area (TPSA) is 65.1 Å². The molecule has 21 heavy (non-hydrogen) atoms. The van der Waals surface area contributed by atoms with Crippen molar-refractivity contribution < 1.29 is 9.21 Å². The lowest BCUT2D eigenvalue weighted by Gasteiger charge is -2.05. The van der Waals surface area contributed by atoms with Gasteiger partial charge >= 0.3 is 5.63 Å². The summed E-state index contributed by atoms with van der Waals surface area (Å²) < 4.78 is 6.81. The normalized spacial score (nSPS) is 11.6. The van der Waals surface area contributed by atoms with E-state index in [1.165, 1.54) is 6.92 Å². The summed E-state index contributed by atoms with van der Waals surface area (Å²) in [7, 11) is 0. The van der Waals surface area contributed by atoms with Gasteiger partial charge < -0.3 is 4.42 Å². The monoisotopic (exact) mass is 284 g/mol. The van der Waals surface area contributed by atoms with Gasteiger partial charge in [0.2, 0.25) is 5.91 Å². The average molecular weight is 284 g/mol. The van der Waals surface area contributed by atoms with Gasteiger partial charge in [-0.15, -0.1) is 0 Å². The fraction of sp³-hybridized carbons (Fsp3) is 0.312. The van der Waals surface area contributed by atoms with Crippen molar-refractivity contribution in [2.45, 2.75) is 27.2 Å². The minimum atomic E-state index is -0.381. The molecule has 0 atom stereocenters. The third-order valence-electron chi connectivity index (χ3n) is 3.41. The van der Waals surface area contributed by atoms with Crippen LogP contribution < -0.4 is 5.63 Å². The van der Waals surface area contributed by atoms with Gasteiger partial charge in [-0.3, -0.25) is 9.36 Å². The van der Waals surface area contributed by atoms with Gasteiger partial charge in [0.25, 0.3) is 0 Å². The van der Waals surface area contributed by atoms with Crippen LogP contribution >= 0.6 is 0 Å². The molecule has 0 aliphatic carbocycles. The predicted molar refractivity (Wildman–Crippen MR) is 80.6 cm³/mol. The fourth-order valence-corrected chi connectivity index (χ4v) is 2.46. The number of carbonyl (C=O) groups is 1. The highest BCUT2D eigenvalue weighted by molar-refractivity contribution is 5.99. The van der Waals surface area contributed by atoms with Crippen LogP contribution in [0.15, 0.2) is 33.6 Å². The van der Waals surface area contributed by atoms with Crippen molar-refractivity contribution in [2.75, 3.05) is 0 Å². The largest absolute Gasteiger partial charge is 0.408 e. The van der Waals surface area contributed by atoms with Crippen LogP contribution in [-0.4, -0.2) is 15.5 Å². The first-order valence-electron chi connectivity index (χ1n) is 6.91.